The minimum absolute atomic E-state index is 0.487. The van der Waals surface area contributed by atoms with Crippen LogP contribution in [0.25, 0.3) is 0 Å². The first-order valence-corrected chi connectivity index (χ1v) is 8.08. The van der Waals surface area contributed by atoms with Gasteiger partial charge in [0.2, 0.25) is 0 Å². The van der Waals surface area contributed by atoms with Crippen LogP contribution in [-0.2, 0) is 0 Å². The molecule has 5 heteroatoms. The lowest BCUT2D eigenvalue weighted by Crippen LogP contribution is -2.06. The number of ether oxygens (including phenoxy) is 3. The number of rotatable bonds is 8. The standard InChI is InChI=1S/C18H19BrO4/c1-13-4-6-15(7-5-13)22-8-3-9-23-18-16(19)10-14(12-20)11-17(18)21-2/h4-7,10-12H,3,8-9H2,1-2H3. The summed E-state index contributed by atoms with van der Waals surface area (Å²) in [5.41, 5.74) is 1.74. The van der Waals surface area contributed by atoms with Crippen LogP contribution in [0.5, 0.6) is 17.2 Å². The molecule has 0 fully saturated rings. The van der Waals surface area contributed by atoms with Crippen molar-refractivity contribution in [3.8, 4) is 17.2 Å². The Balaban J connectivity index is 1.84. The Kier molecular flexibility index (Phi) is 6.47. The van der Waals surface area contributed by atoms with E-state index in [4.69, 9.17) is 14.2 Å². The van der Waals surface area contributed by atoms with Crippen molar-refractivity contribution in [2.75, 3.05) is 20.3 Å². The smallest absolute Gasteiger partial charge is 0.175 e. The van der Waals surface area contributed by atoms with Crippen molar-refractivity contribution in [3.63, 3.8) is 0 Å². The van der Waals surface area contributed by atoms with Gasteiger partial charge < -0.3 is 14.2 Å². The maximum atomic E-state index is 10.9. The van der Waals surface area contributed by atoms with Crippen LogP contribution in [0.15, 0.2) is 40.9 Å². The molecule has 0 aliphatic rings. The molecule has 0 N–H and O–H groups in total. The summed E-state index contributed by atoms with van der Waals surface area (Å²) in [5.74, 6) is 1.97. The van der Waals surface area contributed by atoms with Gasteiger partial charge in [-0.05, 0) is 47.1 Å². The minimum Gasteiger partial charge on any atom is -0.493 e. The van der Waals surface area contributed by atoms with Gasteiger partial charge in [-0.2, -0.15) is 0 Å². The van der Waals surface area contributed by atoms with Gasteiger partial charge >= 0.3 is 0 Å². The molecule has 0 atom stereocenters. The highest BCUT2D eigenvalue weighted by atomic mass is 79.9. The van der Waals surface area contributed by atoms with E-state index in [0.717, 1.165) is 18.5 Å². The molecule has 2 aromatic carbocycles. The lowest BCUT2D eigenvalue weighted by molar-refractivity contribution is 0.112. The van der Waals surface area contributed by atoms with Gasteiger partial charge in [0.05, 0.1) is 24.8 Å². The number of methoxy groups -OCH3 is 1. The number of aryl methyl sites for hydroxylation is 1. The zero-order valence-electron chi connectivity index (χ0n) is 13.2. The molecule has 4 nitrogen and oxygen atoms in total. The molecule has 2 aromatic rings. The Morgan fingerprint density at radius 3 is 2.43 bits per heavy atom. The molecule has 2 rings (SSSR count). The van der Waals surface area contributed by atoms with Crippen molar-refractivity contribution in [2.24, 2.45) is 0 Å². The second-order valence-electron chi connectivity index (χ2n) is 5.02. The van der Waals surface area contributed by atoms with Gasteiger partial charge in [0.15, 0.2) is 11.5 Å². The molecular weight excluding hydrogens is 360 g/mol. The van der Waals surface area contributed by atoms with Crippen LogP contribution in [0.1, 0.15) is 22.3 Å². The van der Waals surface area contributed by atoms with Gasteiger partial charge in [-0.3, -0.25) is 4.79 Å². The number of aldehydes is 1. The maximum absolute atomic E-state index is 10.9. The molecule has 0 saturated heterocycles. The fraction of sp³-hybridized carbons (Fsp3) is 0.278. The minimum atomic E-state index is 0.487. The number of hydrogen-bond donors (Lipinski definition) is 0. The molecule has 0 spiro atoms. The Hall–Kier alpha value is -2.01. The third-order valence-electron chi connectivity index (χ3n) is 3.21. The Labute approximate surface area is 144 Å². The van der Waals surface area contributed by atoms with E-state index in [1.807, 2.05) is 31.2 Å². The topological polar surface area (TPSA) is 44.8 Å². The Morgan fingerprint density at radius 2 is 1.78 bits per heavy atom. The molecule has 0 bridgehead atoms. The highest BCUT2D eigenvalue weighted by molar-refractivity contribution is 9.10. The van der Waals surface area contributed by atoms with Crippen molar-refractivity contribution >= 4 is 22.2 Å². The fourth-order valence-electron chi connectivity index (χ4n) is 2.01. The molecular formula is C18H19BrO4. The van der Waals surface area contributed by atoms with Crippen LogP contribution in [-0.4, -0.2) is 26.6 Å². The average molecular weight is 379 g/mol. The number of carbonyl (C=O) groups excluding carboxylic acids is 1. The van der Waals surface area contributed by atoms with Gasteiger partial charge in [-0.25, -0.2) is 0 Å². The lowest BCUT2D eigenvalue weighted by atomic mass is 10.2. The van der Waals surface area contributed by atoms with Crippen LogP contribution >= 0.6 is 15.9 Å². The summed E-state index contributed by atoms with van der Waals surface area (Å²) < 4.78 is 17.4. The lowest BCUT2D eigenvalue weighted by Gasteiger charge is -2.13. The SMILES string of the molecule is COc1cc(C=O)cc(Br)c1OCCCOc1ccc(C)cc1. The van der Waals surface area contributed by atoms with E-state index in [1.54, 1.807) is 19.2 Å². The maximum Gasteiger partial charge on any atom is 0.175 e. The molecule has 0 heterocycles. The average Bonchev–Trinajstić information content (AvgIpc) is 2.56. The van der Waals surface area contributed by atoms with E-state index in [2.05, 4.69) is 15.9 Å². The van der Waals surface area contributed by atoms with Gasteiger partial charge in [-0.15, -0.1) is 0 Å². The molecule has 0 aromatic heterocycles. The van der Waals surface area contributed by atoms with Crippen molar-refractivity contribution in [3.05, 3.63) is 52.0 Å². The molecule has 0 unspecified atom stereocenters. The monoisotopic (exact) mass is 378 g/mol. The molecule has 0 saturated carbocycles. The fourth-order valence-corrected chi connectivity index (χ4v) is 2.58. The summed E-state index contributed by atoms with van der Waals surface area (Å²) in [6.07, 6.45) is 1.51. The van der Waals surface area contributed by atoms with Gasteiger partial charge in [0, 0.05) is 12.0 Å². The predicted molar refractivity (Wildman–Crippen MR) is 92.9 cm³/mol. The number of benzene rings is 2. The van der Waals surface area contributed by atoms with Crippen molar-refractivity contribution in [1.82, 2.24) is 0 Å². The molecule has 0 aliphatic heterocycles. The van der Waals surface area contributed by atoms with Crippen LogP contribution in [0.4, 0.5) is 0 Å². The van der Waals surface area contributed by atoms with Crippen LogP contribution in [0, 0.1) is 6.92 Å². The first-order valence-electron chi connectivity index (χ1n) is 7.29. The van der Waals surface area contributed by atoms with Gasteiger partial charge in [0.25, 0.3) is 0 Å². The number of carbonyl (C=O) groups is 1. The highest BCUT2D eigenvalue weighted by Gasteiger charge is 2.11. The van der Waals surface area contributed by atoms with E-state index in [9.17, 15) is 4.79 Å². The Morgan fingerprint density at radius 1 is 1.09 bits per heavy atom. The summed E-state index contributed by atoms with van der Waals surface area (Å²) in [7, 11) is 1.55. The largest absolute Gasteiger partial charge is 0.493 e. The van der Waals surface area contributed by atoms with Crippen molar-refractivity contribution in [1.29, 1.82) is 0 Å². The van der Waals surface area contributed by atoms with E-state index >= 15 is 0 Å². The number of hydrogen-bond acceptors (Lipinski definition) is 4. The second kappa shape index (κ2) is 8.58. The van der Waals surface area contributed by atoms with Crippen molar-refractivity contribution < 1.29 is 19.0 Å². The van der Waals surface area contributed by atoms with Crippen molar-refractivity contribution in [2.45, 2.75) is 13.3 Å². The van der Waals surface area contributed by atoms with E-state index in [1.165, 1.54) is 5.56 Å². The highest BCUT2D eigenvalue weighted by Crippen LogP contribution is 2.36. The molecule has 0 amide bonds. The molecule has 122 valence electrons. The summed E-state index contributed by atoms with van der Waals surface area (Å²) in [6.45, 7) is 3.09. The number of halogens is 1. The normalized spacial score (nSPS) is 10.2. The van der Waals surface area contributed by atoms with Gasteiger partial charge in [0.1, 0.15) is 12.0 Å². The van der Waals surface area contributed by atoms with Gasteiger partial charge in [-0.1, -0.05) is 17.7 Å². The summed E-state index contributed by atoms with van der Waals surface area (Å²) in [5, 5.41) is 0. The van der Waals surface area contributed by atoms with E-state index in [-0.39, 0.29) is 0 Å². The zero-order valence-corrected chi connectivity index (χ0v) is 14.8. The summed E-state index contributed by atoms with van der Waals surface area (Å²) in [6, 6.07) is 11.3. The molecule has 0 aliphatic carbocycles. The summed E-state index contributed by atoms with van der Waals surface area (Å²) >= 11 is 3.40. The van der Waals surface area contributed by atoms with E-state index < -0.39 is 0 Å². The van der Waals surface area contributed by atoms with Crippen LogP contribution in [0.2, 0.25) is 0 Å². The first kappa shape index (κ1) is 17.3. The third kappa shape index (κ3) is 4.99. The molecule has 0 radical (unpaired) electrons. The van der Waals surface area contributed by atoms with Crippen LogP contribution < -0.4 is 14.2 Å². The Bertz CT molecular complexity index is 653. The first-order chi connectivity index (χ1) is 11.1. The predicted octanol–water partition coefficient (Wildman–Crippen LogP) is 4.43. The summed E-state index contributed by atoms with van der Waals surface area (Å²) in [4.78, 5) is 10.9. The van der Waals surface area contributed by atoms with Crippen LogP contribution in [0.3, 0.4) is 0 Å². The quantitative estimate of drug-likeness (QED) is 0.503. The van der Waals surface area contributed by atoms with E-state index in [0.29, 0.717) is 34.7 Å². The second-order valence-corrected chi connectivity index (χ2v) is 5.87. The third-order valence-corrected chi connectivity index (χ3v) is 3.80. The molecule has 23 heavy (non-hydrogen) atoms. The zero-order chi connectivity index (χ0) is 16.7.